The molecule has 1 amide bonds. The van der Waals surface area contributed by atoms with Crippen molar-refractivity contribution >= 4 is 11.7 Å². The fourth-order valence-electron chi connectivity index (χ4n) is 2.85. The van der Waals surface area contributed by atoms with E-state index >= 15 is 0 Å². The normalized spacial score (nSPS) is 12.6. The molecule has 2 aromatic rings. The van der Waals surface area contributed by atoms with Gasteiger partial charge in [0, 0.05) is 17.5 Å². The first-order chi connectivity index (χ1) is 12.1. The molecule has 0 aliphatic heterocycles. The molecule has 1 aliphatic carbocycles. The Bertz CT molecular complexity index is 785. The van der Waals surface area contributed by atoms with Gasteiger partial charge in [0.1, 0.15) is 18.1 Å². The number of rotatable bonds is 7. The number of nitrogens with one attached hydrogen (secondary N) is 1. The molecule has 5 nitrogen and oxygen atoms in total. The summed E-state index contributed by atoms with van der Waals surface area (Å²) < 4.78 is 11.2. The average molecular weight is 339 g/mol. The number of fused-ring (bicyclic) bond motifs is 1. The Balaban J connectivity index is 1.41. The van der Waals surface area contributed by atoms with Gasteiger partial charge in [-0.05, 0) is 37.1 Å². The van der Waals surface area contributed by atoms with E-state index in [2.05, 4.69) is 5.32 Å². The van der Waals surface area contributed by atoms with Gasteiger partial charge in [0.2, 0.25) is 0 Å². The van der Waals surface area contributed by atoms with Crippen LogP contribution in [0, 0.1) is 6.92 Å². The first-order valence-electron chi connectivity index (χ1n) is 8.37. The second kappa shape index (κ2) is 7.83. The number of benzene rings is 2. The summed E-state index contributed by atoms with van der Waals surface area (Å²) in [5.74, 6) is 1.33. The lowest BCUT2D eigenvalue weighted by atomic mass is 10.1. The van der Waals surface area contributed by atoms with Gasteiger partial charge < -0.3 is 14.8 Å². The molecular weight excluding hydrogens is 318 g/mol. The van der Waals surface area contributed by atoms with Crippen LogP contribution in [0.25, 0.3) is 0 Å². The van der Waals surface area contributed by atoms with Gasteiger partial charge in [-0.15, -0.1) is 0 Å². The highest BCUT2D eigenvalue weighted by Gasteiger charge is 2.22. The standard InChI is InChI=1S/C20H21NO4/c1-14-4-2-5-15(12-14)24-11-10-21-20(23)13-25-19-7-3-6-16-17(19)8-9-18(16)22/h2-7,12H,8-11,13H2,1H3,(H,21,23). The van der Waals surface area contributed by atoms with Crippen LogP contribution in [0.15, 0.2) is 42.5 Å². The third-order valence-electron chi connectivity index (χ3n) is 4.08. The highest BCUT2D eigenvalue weighted by atomic mass is 16.5. The van der Waals surface area contributed by atoms with E-state index in [0.29, 0.717) is 37.3 Å². The third-order valence-corrected chi connectivity index (χ3v) is 4.08. The third kappa shape index (κ3) is 4.38. The molecule has 0 bridgehead atoms. The van der Waals surface area contributed by atoms with Gasteiger partial charge in [-0.2, -0.15) is 0 Å². The van der Waals surface area contributed by atoms with Crippen LogP contribution in [0.4, 0.5) is 0 Å². The number of carbonyl (C=O) groups is 2. The molecule has 0 saturated heterocycles. The van der Waals surface area contributed by atoms with E-state index in [1.54, 1.807) is 18.2 Å². The summed E-state index contributed by atoms with van der Waals surface area (Å²) in [6, 6.07) is 13.1. The summed E-state index contributed by atoms with van der Waals surface area (Å²) in [6.07, 6.45) is 1.19. The van der Waals surface area contributed by atoms with Gasteiger partial charge in [0.05, 0.1) is 6.54 Å². The maximum atomic E-state index is 11.9. The zero-order valence-electron chi connectivity index (χ0n) is 14.2. The number of ether oxygens (including phenoxy) is 2. The Labute approximate surface area is 147 Å². The second-order valence-electron chi connectivity index (χ2n) is 6.01. The van der Waals surface area contributed by atoms with Crippen LogP contribution in [0.5, 0.6) is 11.5 Å². The molecule has 1 aliphatic rings. The van der Waals surface area contributed by atoms with Crippen LogP contribution in [0.3, 0.4) is 0 Å². The molecular formula is C20H21NO4. The van der Waals surface area contributed by atoms with Crippen LogP contribution in [0.1, 0.15) is 27.9 Å². The topological polar surface area (TPSA) is 64.6 Å². The second-order valence-corrected chi connectivity index (χ2v) is 6.01. The summed E-state index contributed by atoms with van der Waals surface area (Å²) in [7, 11) is 0. The number of Topliss-reactive ketones (excluding diaryl/α,β-unsaturated/α-hetero) is 1. The molecule has 0 atom stereocenters. The number of ketones is 1. The minimum atomic E-state index is -0.213. The quantitative estimate of drug-likeness (QED) is 0.788. The monoisotopic (exact) mass is 339 g/mol. The highest BCUT2D eigenvalue weighted by molar-refractivity contribution is 6.01. The Hall–Kier alpha value is -2.82. The van der Waals surface area contributed by atoms with Gasteiger partial charge >= 0.3 is 0 Å². The molecule has 130 valence electrons. The molecule has 25 heavy (non-hydrogen) atoms. The SMILES string of the molecule is Cc1cccc(OCCNC(=O)COc2cccc3c2CCC3=O)c1. The van der Waals surface area contributed by atoms with Gasteiger partial charge in [-0.25, -0.2) is 0 Å². The van der Waals surface area contributed by atoms with E-state index in [1.165, 1.54) is 0 Å². The summed E-state index contributed by atoms with van der Waals surface area (Å²) in [4.78, 5) is 23.6. The minimum Gasteiger partial charge on any atom is -0.492 e. The first-order valence-corrected chi connectivity index (χ1v) is 8.37. The Kier molecular flexibility index (Phi) is 5.33. The number of hydrogen-bond acceptors (Lipinski definition) is 4. The fraction of sp³-hybridized carbons (Fsp3) is 0.300. The van der Waals surface area contributed by atoms with E-state index in [9.17, 15) is 9.59 Å². The van der Waals surface area contributed by atoms with E-state index in [-0.39, 0.29) is 18.3 Å². The summed E-state index contributed by atoms with van der Waals surface area (Å²) in [5.41, 5.74) is 2.75. The minimum absolute atomic E-state index is 0.0743. The summed E-state index contributed by atoms with van der Waals surface area (Å²) in [5, 5.41) is 2.76. The number of aryl methyl sites for hydroxylation is 1. The Morgan fingerprint density at radius 2 is 1.96 bits per heavy atom. The van der Waals surface area contributed by atoms with Crippen LogP contribution in [0.2, 0.25) is 0 Å². The smallest absolute Gasteiger partial charge is 0.258 e. The van der Waals surface area contributed by atoms with Crippen molar-refractivity contribution < 1.29 is 19.1 Å². The van der Waals surface area contributed by atoms with E-state index in [1.807, 2.05) is 31.2 Å². The van der Waals surface area contributed by atoms with Gasteiger partial charge in [0.25, 0.3) is 5.91 Å². The van der Waals surface area contributed by atoms with E-state index in [4.69, 9.17) is 9.47 Å². The molecule has 0 saturated carbocycles. The Morgan fingerprint density at radius 3 is 2.80 bits per heavy atom. The van der Waals surface area contributed by atoms with Gasteiger partial charge in [0.15, 0.2) is 12.4 Å². The van der Waals surface area contributed by atoms with Crippen molar-refractivity contribution in [3.8, 4) is 11.5 Å². The van der Waals surface area contributed by atoms with E-state index in [0.717, 1.165) is 16.9 Å². The number of hydrogen-bond donors (Lipinski definition) is 1. The van der Waals surface area contributed by atoms with Crippen LogP contribution in [-0.2, 0) is 11.2 Å². The molecule has 0 fully saturated rings. The lowest BCUT2D eigenvalue weighted by Gasteiger charge is -2.11. The maximum Gasteiger partial charge on any atom is 0.258 e. The molecule has 0 aromatic heterocycles. The summed E-state index contributed by atoms with van der Waals surface area (Å²) in [6.45, 7) is 2.72. The lowest BCUT2D eigenvalue weighted by molar-refractivity contribution is -0.123. The van der Waals surface area contributed by atoms with Gasteiger partial charge in [-0.1, -0.05) is 24.3 Å². The van der Waals surface area contributed by atoms with E-state index < -0.39 is 0 Å². The predicted molar refractivity (Wildman–Crippen MR) is 94.3 cm³/mol. The van der Waals surface area contributed by atoms with Crippen molar-refractivity contribution in [1.29, 1.82) is 0 Å². The zero-order chi connectivity index (χ0) is 17.6. The highest BCUT2D eigenvalue weighted by Crippen LogP contribution is 2.30. The predicted octanol–water partition coefficient (Wildman–Crippen LogP) is 2.70. The lowest BCUT2D eigenvalue weighted by Crippen LogP contribution is -2.32. The van der Waals surface area contributed by atoms with Crippen molar-refractivity contribution in [3.05, 3.63) is 59.2 Å². The van der Waals surface area contributed by atoms with Crippen molar-refractivity contribution in [2.75, 3.05) is 19.8 Å². The average Bonchev–Trinajstić information content (AvgIpc) is 2.99. The molecule has 2 aromatic carbocycles. The van der Waals surface area contributed by atoms with Gasteiger partial charge in [-0.3, -0.25) is 9.59 Å². The summed E-state index contributed by atoms with van der Waals surface area (Å²) >= 11 is 0. The molecule has 0 heterocycles. The largest absolute Gasteiger partial charge is 0.492 e. The molecule has 0 radical (unpaired) electrons. The number of carbonyl (C=O) groups excluding carboxylic acids is 2. The maximum absolute atomic E-state index is 11.9. The fourth-order valence-corrected chi connectivity index (χ4v) is 2.85. The van der Waals surface area contributed by atoms with Crippen molar-refractivity contribution in [1.82, 2.24) is 5.32 Å². The Morgan fingerprint density at radius 1 is 1.12 bits per heavy atom. The molecule has 0 unspecified atom stereocenters. The number of amides is 1. The van der Waals surface area contributed by atoms with Crippen molar-refractivity contribution in [2.24, 2.45) is 0 Å². The molecule has 1 N–H and O–H groups in total. The zero-order valence-corrected chi connectivity index (χ0v) is 14.2. The van der Waals surface area contributed by atoms with Crippen LogP contribution < -0.4 is 14.8 Å². The van der Waals surface area contributed by atoms with Crippen LogP contribution >= 0.6 is 0 Å². The van der Waals surface area contributed by atoms with Crippen molar-refractivity contribution in [2.45, 2.75) is 19.8 Å². The molecule has 5 heteroatoms. The molecule has 0 spiro atoms. The molecule has 3 rings (SSSR count). The van der Waals surface area contributed by atoms with Crippen LogP contribution in [-0.4, -0.2) is 31.4 Å². The first kappa shape index (κ1) is 17.0. The van der Waals surface area contributed by atoms with Crippen molar-refractivity contribution in [3.63, 3.8) is 0 Å².